The number of fused-ring (bicyclic) bond motifs is 4. The fourth-order valence-corrected chi connectivity index (χ4v) is 5.40. The second kappa shape index (κ2) is 7.62. The molecule has 3 aliphatic rings. The molecule has 1 N–H and O–H groups in total. The van der Waals surface area contributed by atoms with Crippen molar-refractivity contribution in [3.05, 3.63) is 17.5 Å². The second-order valence-corrected chi connectivity index (χ2v) is 8.47. The Morgan fingerprint density at radius 1 is 1.30 bits per heavy atom. The molecule has 0 aliphatic carbocycles. The molecular weight excluding hydrogens is 344 g/mol. The lowest BCUT2D eigenvalue weighted by Gasteiger charge is -2.56. The van der Waals surface area contributed by atoms with Crippen LogP contribution >= 0.6 is 0 Å². The number of aryl methyl sites for hydroxylation is 1. The van der Waals surface area contributed by atoms with Crippen LogP contribution in [0.15, 0.2) is 10.6 Å². The van der Waals surface area contributed by atoms with Gasteiger partial charge in [-0.15, -0.1) is 0 Å². The molecule has 4 heterocycles. The number of hydrogen-bond donors (Lipinski definition) is 1. The molecule has 1 aromatic rings. The van der Waals surface area contributed by atoms with Crippen LogP contribution in [0.4, 0.5) is 0 Å². The molecule has 3 saturated heterocycles. The van der Waals surface area contributed by atoms with E-state index in [0.717, 1.165) is 31.7 Å². The summed E-state index contributed by atoms with van der Waals surface area (Å²) >= 11 is 0. The fourth-order valence-electron chi connectivity index (χ4n) is 5.40. The third-order valence-electron chi connectivity index (χ3n) is 6.54. The van der Waals surface area contributed by atoms with Crippen molar-refractivity contribution in [2.75, 3.05) is 26.2 Å². The minimum atomic E-state index is 0.0233. The smallest absolute Gasteiger partial charge is 0.230 e. The van der Waals surface area contributed by atoms with Crippen LogP contribution in [0.25, 0.3) is 0 Å². The van der Waals surface area contributed by atoms with Crippen LogP contribution in [0.5, 0.6) is 0 Å². The lowest BCUT2D eigenvalue weighted by atomic mass is 9.72. The van der Waals surface area contributed by atoms with Crippen molar-refractivity contribution in [1.29, 1.82) is 0 Å². The van der Waals surface area contributed by atoms with Crippen LogP contribution in [-0.4, -0.2) is 65.0 Å². The van der Waals surface area contributed by atoms with Crippen molar-refractivity contribution in [3.63, 3.8) is 0 Å². The zero-order valence-electron chi connectivity index (χ0n) is 16.3. The number of amides is 2. The van der Waals surface area contributed by atoms with Crippen molar-refractivity contribution in [1.82, 2.24) is 20.3 Å². The number of nitrogens with zero attached hydrogens (tertiary/aromatic N) is 3. The number of hydrogen-bond acceptors (Lipinski definition) is 5. The zero-order valence-corrected chi connectivity index (χ0v) is 16.3. The van der Waals surface area contributed by atoms with Crippen LogP contribution in [0.3, 0.4) is 0 Å². The number of carbonyl (C=O) groups excluding carboxylic acids is 2. The Balaban J connectivity index is 1.48. The first-order valence-corrected chi connectivity index (χ1v) is 10.2. The first-order valence-electron chi connectivity index (χ1n) is 10.2. The molecule has 7 nitrogen and oxygen atoms in total. The highest BCUT2D eigenvalue weighted by atomic mass is 16.5. The summed E-state index contributed by atoms with van der Waals surface area (Å²) in [5.74, 6) is 1.75. The minimum Gasteiger partial charge on any atom is -0.361 e. The van der Waals surface area contributed by atoms with E-state index in [2.05, 4.69) is 15.4 Å². The maximum absolute atomic E-state index is 12.9. The van der Waals surface area contributed by atoms with Gasteiger partial charge in [0.05, 0.1) is 12.1 Å². The SMILES string of the molecule is CC(=O)NC[C@H]1[C@H]2C[C@H](CN(C(=O)Cc3cc(C)no3)C2)[C@@H]2CCCCN21. The first-order chi connectivity index (χ1) is 13.0. The molecule has 27 heavy (non-hydrogen) atoms. The Labute approximate surface area is 160 Å². The van der Waals surface area contributed by atoms with E-state index in [-0.39, 0.29) is 18.2 Å². The predicted molar refractivity (Wildman–Crippen MR) is 99.9 cm³/mol. The van der Waals surface area contributed by atoms with Gasteiger partial charge in [0.2, 0.25) is 11.8 Å². The summed E-state index contributed by atoms with van der Waals surface area (Å²) in [4.78, 5) is 29.1. The molecule has 7 heteroatoms. The van der Waals surface area contributed by atoms with Crippen molar-refractivity contribution in [3.8, 4) is 0 Å². The van der Waals surface area contributed by atoms with Gasteiger partial charge in [-0.1, -0.05) is 11.6 Å². The molecule has 0 unspecified atom stereocenters. The van der Waals surface area contributed by atoms with Crippen LogP contribution in [0.1, 0.15) is 44.1 Å². The average molecular weight is 374 g/mol. The summed E-state index contributed by atoms with van der Waals surface area (Å²) in [6, 6.07) is 2.71. The highest BCUT2D eigenvalue weighted by Crippen LogP contribution is 2.41. The minimum absolute atomic E-state index is 0.0233. The molecule has 3 aliphatic heterocycles. The van der Waals surface area contributed by atoms with Crippen molar-refractivity contribution >= 4 is 11.8 Å². The Bertz CT molecular complexity index is 703. The topological polar surface area (TPSA) is 78.7 Å². The molecule has 2 bridgehead atoms. The van der Waals surface area contributed by atoms with Crippen LogP contribution in [-0.2, 0) is 16.0 Å². The Hall–Kier alpha value is -1.89. The number of carbonyl (C=O) groups is 2. The molecule has 0 saturated carbocycles. The Morgan fingerprint density at radius 2 is 2.11 bits per heavy atom. The highest BCUT2D eigenvalue weighted by Gasteiger charge is 2.47. The van der Waals surface area contributed by atoms with E-state index in [9.17, 15) is 9.59 Å². The molecular formula is C20H30N4O3. The van der Waals surface area contributed by atoms with Gasteiger partial charge >= 0.3 is 0 Å². The van der Waals surface area contributed by atoms with Gasteiger partial charge in [0.15, 0.2) is 0 Å². The highest BCUT2D eigenvalue weighted by molar-refractivity contribution is 5.78. The first kappa shape index (κ1) is 18.5. The summed E-state index contributed by atoms with van der Waals surface area (Å²) in [5, 5.41) is 6.92. The molecule has 4 atom stereocenters. The number of aromatic nitrogens is 1. The molecule has 4 rings (SSSR count). The molecule has 148 valence electrons. The molecule has 3 fully saturated rings. The maximum Gasteiger partial charge on any atom is 0.230 e. The van der Waals surface area contributed by atoms with Crippen molar-refractivity contribution in [2.24, 2.45) is 11.8 Å². The van der Waals surface area contributed by atoms with E-state index >= 15 is 0 Å². The van der Waals surface area contributed by atoms with E-state index < -0.39 is 0 Å². The van der Waals surface area contributed by atoms with Gasteiger partial charge in [-0.05, 0) is 44.6 Å². The van der Waals surface area contributed by atoms with E-state index in [1.165, 1.54) is 19.3 Å². The van der Waals surface area contributed by atoms with Crippen LogP contribution in [0, 0.1) is 18.8 Å². The number of piperidine rings is 3. The van der Waals surface area contributed by atoms with E-state index in [1.54, 1.807) is 6.92 Å². The molecule has 0 spiro atoms. The third-order valence-corrected chi connectivity index (χ3v) is 6.54. The van der Waals surface area contributed by atoms with Gasteiger partial charge in [-0.25, -0.2) is 0 Å². The summed E-state index contributed by atoms with van der Waals surface area (Å²) in [6.07, 6.45) is 5.15. The standard InChI is InChI=1S/C20H30N4O3/c1-13-7-17(27-22-13)9-20(26)23-11-15-8-16(12-23)19(10-21-14(2)25)24-6-4-3-5-18(15)24/h7,15-16,18-19H,3-6,8-12H2,1-2H3,(H,21,25)/t15-,16+,18+,19+/m1/s1. The van der Waals surface area contributed by atoms with Crippen LogP contribution in [0.2, 0.25) is 0 Å². The molecule has 0 aromatic carbocycles. The molecule has 0 radical (unpaired) electrons. The van der Waals surface area contributed by atoms with E-state index in [1.807, 2.05) is 17.9 Å². The largest absolute Gasteiger partial charge is 0.361 e. The van der Waals surface area contributed by atoms with Crippen LogP contribution < -0.4 is 5.32 Å². The average Bonchev–Trinajstić information content (AvgIpc) is 3.06. The number of likely N-dealkylation sites (tertiary alicyclic amines) is 1. The summed E-state index contributed by atoms with van der Waals surface area (Å²) in [7, 11) is 0. The van der Waals surface area contributed by atoms with Gasteiger partial charge in [-0.2, -0.15) is 0 Å². The number of rotatable bonds is 4. The monoisotopic (exact) mass is 374 g/mol. The normalized spacial score (nSPS) is 30.7. The Morgan fingerprint density at radius 3 is 2.85 bits per heavy atom. The van der Waals surface area contributed by atoms with Crippen molar-refractivity contribution < 1.29 is 14.1 Å². The predicted octanol–water partition coefficient (Wildman–Crippen LogP) is 1.36. The fraction of sp³-hybridized carbons (Fsp3) is 0.750. The maximum atomic E-state index is 12.9. The lowest BCUT2D eigenvalue weighted by molar-refractivity contribution is -0.140. The van der Waals surface area contributed by atoms with Crippen molar-refractivity contribution in [2.45, 2.75) is 58.0 Å². The van der Waals surface area contributed by atoms with Gasteiger partial charge in [0.1, 0.15) is 5.76 Å². The molecule has 2 amide bonds. The van der Waals surface area contributed by atoms with E-state index in [0.29, 0.717) is 36.2 Å². The van der Waals surface area contributed by atoms with Gasteiger partial charge in [0, 0.05) is 44.7 Å². The Kier molecular flexibility index (Phi) is 5.21. The zero-order chi connectivity index (χ0) is 19.0. The van der Waals surface area contributed by atoms with E-state index in [4.69, 9.17) is 4.52 Å². The quantitative estimate of drug-likeness (QED) is 0.861. The third kappa shape index (κ3) is 3.88. The lowest BCUT2D eigenvalue weighted by Crippen LogP contribution is -2.66. The summed E-state index contributed by atoms with van der Waals surface area (Å²) < 4.78 is 5.24. The molecule has 1 aromatic heterocycles. The summed E-state index contributed by atoms with van der Waals surface area (Å²) in [6.45, 7) is 6.87. The van der Waals surface area contributed by atoms with Gasteiger partial charge in [-0.3, -0.25) is 14.5 Å². The number of nitrogens with one attached hydrogen (secondary N) is 1. The summed E-state index contributed by atoms with van der Waals surface area (Å²) in [5.41, 5.74) is 0.807. The van der Waals surface area contributed by atoms with Gasteiger partial charge in [0.25, 0.3) is 0 Å². The second-order valence-electron chi connectivity index (χ2n) is 8.47. The van der Waals surface area contributed by atoms with Gasteiger partial charge < -0.3 is 14.7 Å².